The summed E-state index contributed by atoms with van der Waals surface area (Å²) < 4.78 is 0. The van der Waals surface area contributed by atoms with E-state index in [1.807, 2.05) is 0 Å². The third-order valence-electron chi connectivity index (χ3n) is 4.27. The van der Waals surface area contributed by atoms with Crippen molar-refractivity contribution in [1.82, 2.24) is 0 Å². The number of halogens is 1. The van der Waals surface area contributed by atoms with Crippen molar-refractivity contribution in [1.29, 1.82) is 0 Å². The highest BCUT2D eigenvalue weighted by Gasteiger charge is 2.48. The summed E-state index contributed by atoms with van der Waals surface area (Å²) in [6.45, 7) is 4.73. The molecule has 0 heterocycles. The first-order valence-corrected chi connectivity index (χ1v) is 7.59. The van der Waals surface area contributed by atoms with Gasteiger partial charge in [-0.2, -0.15) is 0 Å². The van der Waals surface area contributed by atoms with Gasteiger partial charge in [0.25, 0.3) is 0 Å². The van der Waals surface area contributed by atoms with Crippen LogP contribution in [-0.2, 0) is 6.42 Å². The molecule has 3 rings (SSSR count). The van der Waals surface area contributed by atoms with Crippen molar-refractivity contribution in [3.63, 3.8) is 0 Å². The van der Waals surface area contributed by atoms with E-state index in [-0.39, 0.29) is 0 Å². The number of hydrogen-bond donors (Lipinski definition) is 0. The van der Waals surface area contributed by atoms with E-state index >= 15 is 0 Å². The Morgan fingerprint density at radius 1 is 1.17 bits per heavy atom. The molecule has 2 unspecified atom stereocenters. The zero-order chi connectivity index (χ0) is 12.8. The van der Waals surface area contributed by atoms with E-state index in [2.05, 4.69) is 72.2 Å². The maximum atomic E-state index is 3.88. The summed E-state index contributed by atoms with van der Waals surface area (Å²) in [7, 11) is 0. The molecule has 2 aromatic carbocycles. The third-order valence-corrected chi connectivity index (χ3v) is 5.23. The van der Waals surface area contributed by atoms with Crippen LogP contribution < -0.4 is 0 Å². The average molecular weight is 303 g/mol. The summed E-state index contributed by atoms with van der Waals surface area (Å²) in [5, 5.41) is 2.68. The molecule has 0 nitrogen and oxygen atoms in total. The van der Waals surface area contributed by atoms with Crippen LogP contribution in [0.3, 0.4) is 0 Å². The van der Waals surface area contributed by atoms with Gasteiger partial charge in [-0.3, -0.25) is 0 Å². The van der Waals surface area contributed by atoms with Crippen LogP contribution in [0.5, 0.6) is 0 Å². The van der Waals surface area contributed by atoms with Crippen molar-refractivity contribution in [3.8, 4) is 0 Å². The number of hydrogen-bond acceptors (Lipinski definition) is 0. The Kier molecular flexibility index (Phi) is 2.97. The lowest BCUT2D eigenvalue weighted by Crippen LogP contribution is -2.09. The van der Waals surface area contributed by atoms with E-state index < -0.39 is 0 Å². The van der Waals surface area contributed by atoms with Gasteiger partial charge in [0, 0.05) is 4.83 Å². The third kappa shape index (κ3) is 2.33. The molecule has 0 aliphatic heterocycles. The quantitative estimate of drug-likeness (QED) is 0.684. The number of fused-ring (bicyclic) bond motifs is 1. The number of rotatable bonds is 3. The number of alkyl halides is 1. The minimum atomic E-state index is 0.547. The standard InChI is InChI=1S/C17H19Br/c1-17(2)11-15(17)16(18)10-12-7-8-13-5-3-4-6-14(13)9-12/h3-9,15-16H,10-11H2,1-2H3. The van der Waals surface area contributed by atoms with Crippen molar-refractivity contribution >= 4 is 26.7 Å². The normalized spacial score (nSPS) is 22.9. The number of benzene rings is 2. The zero-order valence-corrected chi connectivity index (χ0v) is 12.6. The average Bonchev–Trinajstić information content (AvgIpc) is 2.98. The molecule has 1 saturated carbocycles. The molecule has 1 fully saturated rings. The predicted octanol–water partition coefficient (Wildman–Crippen LogP) is 5.19. The van der Waals surface area contributed by atoms with Gasteiger partial charge in [-0.15, -0.1) is 0 Å². The predicted molar refractivity (Wildman–Crippen MR) is 82.3 cm³/mol. The second kappa shape index (κ2) is 4.38. The fraction of sp³-hybridized carbons (Fsp3) is 0.412. The minimum absolute atomic E-state index is 0.547. The first-order chi connectivity index (χ1) is 8.56. The Morgan fingerprint density at radius 3 is 2.50 bits per heavy atom. The van der Waals surface area contributed by atoms with Crippen LogP contribution >= 0.6 is 15.9 Å². The van der Waals surface area contributed by atoms with Gasteiger partial charge in [-0.05, 0) is 40.5 Å². The van der Waals surface area contributed by atoms with Gasteiger partial charge >= 0.3 is 0 Å². The van der Waals surface area contributed by atoms with E-state index in [0.29, 0.717) is 10.2 Å². The Balaban J connectivity index is 1.79. The molecule has 94 valence electrons. The largest absolute Gasteiger partial charge is 0.0884 e. The Bertz CT molecular complexity index is 571. The van der Waals surface area contributed by atoms with Crippen LogP contribution in [-0.4, -0.2) is 4.83 Å². The van der Waals surface area contributed by atoms with E-state index in [1.165, 1.54) is 22.8 Å². The first kappa shape index (κ1) is 12.2. The lowest BCUT2D eigenvalue weighted by molar-refractivity contribution is 0.546. The van der Waals surface area contributed by atoms with Crippen LogP contribution in [0.25, 0.3) is 10.8 Å². The van der Waals surface area contributed by atoms with Gasteiger partial charge in [0.2, 0.25) is 0 Å². The van der Waals surface area contributed by atoms with Gasteiger partial charge in [-0.1, -0.05) is 72.2 Å². The summed E-state index contributed by atoms with van der Waals surface area (Å²) >= 11 is 3.88. The lowest BCUT2D eigenvalue weighted by atomic mass is 10.00. The molecule has 1 aliphatic carbocycles. The molecule has 18 heavy (non-hydrogen) atoms. The fourth-order valence-corrected chi connectivity index (χ4v) is 4.13. The van der Waals surface area contributed by atoms with E-state index in [1.54, 1.807) is 0 Å². The molecule has 0 N–H and O–H groups in total. The van der Waals surface area contributed by atoms with E-state index in [9.17, 15) is 0 Å². The minimum Gasteiger partial charge on any atom is -0.0884 e. The van der Waals surface area contributed by atoms with Gasteiger partial charge in [0.1, 0.15) is 0 Å². The summed E-state index contributed by atoms with van der Waals surface area (Å²) in [5.41, 5.74) is 1.99. The van der Waals surface area contributed by atoms with Crippen LogP contribution in [0.4, 0.5) is 0 Å². The molecule has 1 heteroatoms. The highest BCUT2D eigenvalue weighted by molar-refractivity contribution is 9.09. The van der Waals surface area contributed by atoms with E-state index in [0.717, 1.165) is 12.3 Å². The summed E-state index contributed by atoms with van der Waals surface area (Å²) in [6, 6.07) is 15.4. The second-order valence-corrected chi connectivity index (χ2v) is 7.38. The van der Waals surface area contributed by atoms with Crippen LogP contribution in [0.1, 0.15) is 25.8 Å². The Morgan fingerprint density at radius 2 is 1.83 bits per heavy atom. The van der Waals surface area contributed by atoms with Crippen molar-refractivity contribution in [3.05, 3.63) is 48.0 Å². The fourth-order valence-electron chi connectivity index (χ4n) is 2.86. The van der Waals surface area contributed by atoms with Crippen LogP contribution in [0.15, 0.2) is 42.5 Å². The van der Waals surface area contributed by atoms with Crippen molar-refractivity contribution in [2.75, 3.05) is 0 Å². The summed E-state index contributed by atoms with van der Waals surface area (Å²) in [4.78, 5) is 0.619. The van der Waals surface area contributed by atoms with Gasteiger partial charge in [0.15, 0.2) is 0 Å². The molecule has 2 aromatic rings. The highest BCUT2D eigenvalue weighted by Crippen LogP contribution is 2.55. The Hall–Kier alpha value is -0.820. The molecule has 1 aliphatic rings. The monoisotopic (exact) mass is 302 g/mol. The summed E-state index contributed by atoms with van der Waals surface area (Å²) in [6.07, 6.45) is 2.50. The van der Waals surface area contributed by atoms with Gasteiger partial charge < -0.3 is 0 Å². The smallest absolute Gasteiger partial charge is 0.0219 e. The SMILES string of the molecule is CC1(C)CC1C(Br)Cc1ccc2ccccc2c1. The second-order valence-electron chi connectivity index (χ2n) is 6.20. The Labute approximate surface area is 118 Å². The van der Waals surface area contributed by atoms with Gasteiger partial charge in [0.05, 0.1) is 0 Å². The van der Waals surface area contributed by atoms with Gasteiger partial charge in [-0.25, -0.2) is 0 Å². The molecule has 0 saturated heterocycles. The highest BCUT2D eigenvalue weighted by atomic mass is 79.9. The first-order valence-electron chi connectivity index (χ1n) is 6.68. The van der Waals surface area contributed by atoms with Crippen molar-refractivity contribution in [2.24, 2.45) is 11.3 Å². The lowest BCUT2D eigenvalue weighted by Gasteiger charge is -2.12. The molecule has 0 radical (unpaired) electrons. The molecule has 0 amide bonds. The molecule has 0 aromatic heterocycles. The molecular formula is C17H19Br. The summed E-state index contributed by atoms with van der Waals surface area (Å²) in [5.74, 6) is 0.837. The van der Waals surface area contributed by atoms with Crippen LogP contribution in [0.2, 0.25) is 0 Å². The van der Waals surface area contributed by atoms with Crippen molar-refractivity contribution < 1.29 is 0 Å². The molecule has 2 atom stereocenters. The maximum absolute atomic E-state index is 3.88. The van der Waals surface area contributed by atoms with Crippen molar-refractivity contribution in [2.45, 2.75) is 31.5 Å². The van der Waals surface area contributed by atoms with E-state index in [4.69, 9.17) is 0 Å². The van der Waals surface area contributed by atoms with Crippen LogP contribution in [0, 0.1) is 11.3 Å². The maximum Gasteiger partial charge on any atom is 0.0219 e. The molecule has 0 spiro atoms. The molecular weight excluding hydrogens is 284 g/mol. The topological polar surface area (TPSA) is 0 Å². The molecule has 0 bridgehead atoms. The zero-order valence-electron chi connectivity index (χ0n) is 11.0.